The minimum absolute atomic E-state index is 0.0396. The van der Waals surface area contributed by atoms with Gasteiger partial charge in [-0.1, -0.05) is 78.5 Å². The van der Waals surface area contributed by atoms with Crippen LogP contribution in [0.1, 0.15) is 18.1 Å². The maximum absolute atomic E-state index is 13.1. The van der Waals surface area contributed by atoms with Crippen molar-refractivity contribution in [2.24, 2.45) is 0 Å². The van der Waals surface area contributed by atoms with E-state index in [1.165, 1.54) is 11.8 Å². The molecule has 1 unspecified atom stereocenters. The highest BCUT2D eigenvalue weighted by atomic mass is 32.2. The molecule has 1 aliphatic heterocycles. The minimum atomic E-state index is -0.327. The standard InChI is InChI=1S/C27H26N4O3S/c1-19(26(32)30(2)16-20-9-5-3-6-10-20)35-27-29-28-25(22-11-7-4-8-12-22)31(27)17-21-13-14-23-24(15-21)34-18-33-23/h3-15,19H,16-18H2,1-2H3. The highest BCUT2D eigenvalue weighted by Crippen LogP contribution is 2.34. The lowest BCUT2D eigenvalue weighted by atomic mass is 10.2. The molecular weight excluding hydrogens is 460 g/mol. The summed E-state index contributed by atoms with van der Waals surface area (Å²) in [5.41, 5.74) is 3.10. The van der Waals surface area contributed by atoms with Crippen LogP contribution in [-0.4, -0.2) is 44.7 Å². The van der Waals surface area contributed by atoms with Crippen LogP contribution < -0.4 is 9.47 Å². The Hall–Kier alpha value is -3.78. The third kappa shape index (κ3) is 5.17. The molecule has 0 radical (unpaired) electrons. The summed E-state index contributed by atoms with van der Waals surface area (Å²) in [5.74, 6) is 2.27. The van der Waals surface area contributed by atoms with Crippen LogP contribution in [0.5, 0.6) is 11.5 Å². The van der Waals surface area contributed by atoms with Crippen LogP contribution in [0.2, 0.25) is 0 Å². The first kappa shape index (κ1) is 23.0. The van der Waals surface area contributed by atoms with Gasteiger partial charge in [0, 0.05) is 19.2 Å². The quantitative estimate of drug-likeness (QED) is 0.331. The Labute approximate surface area is 208 Å². The summed E-state index contributed by atoms with van der Waals surface area (Å²) in [4.78, 5) is 14.9. The molecule has 1 aliphatic rings. The molecule has 35 heavy (non-hydrogen) atoms. The van der Waals surface area contributed by atoms with Crippen LogP contribution in [0.4, 0.5) is 0 Å². The van der Waals surface area contributed by atoms with Crippen molar-refractivity contribution >= 4 is 17.7 Å². The maximum Gasteiger partial charge on any atom is 0.235 e. The Kier molecular flexibility index (Phi) is 6.72. The van der Waals surface area contributed by atoms with Gasteiger partial charge >= 0.3 is 0 Å². The average Bonchev–Trinajstić information content (AvgIpc) is 3.51. The summed E-state index contributed by atoms with van der Waals surface area (Å²) < 4.78 is 13.1. The van der Waals surface area contributed by atoms with Gasteiger partial charge in [0.25, 0.3) is 0 Å². The average molecular weight is 487 g/mol. The Bertz CT molecular complexity index is 1310. The number of fused-ring (bicyclic) bond motifs is 1. The zero-order chi connectivity index (χ0) is 24.2. The molecule has 5 rings (SSSR count). The number of hydrogen-bond donors (Lipinski definition) is 0. The van der Waals surface area contributed by atoms with Crippen molar-refractivity contribution in [1.29, 1.82) is 0 Å². The topological polar surface area (TPSA) is 69.5 Å². The normalized spacial score (nSPS) is 13.0. The number of carbonyl (C=O) groups excluding carboxylic acids is 1. The highest BCUT2D eigenvalue weighted by Gasteiger charge is 2.24. The monoisotopic (exact) mass is 486 g/mol. The van der Waals surface area contributed by atoms with Crippen molar-refractivity contribution in [2.75, 3.05) is 13.8 Å². The van der Waals surface area contributed by atoms with Gasteiger partial charge in [0.1, 0.15) is 0 Å². The summed E-state index contributed by atoms with van der Waals surface area (Å²) >= 11 is 1.42. The van der Waals surface area contributed by atoms with Gasteiger partial charge in [0.15, 0.2) is 22.5 Å². The molecule has 7 nitrogen and oxygen atoms in total. The molecule has 8 heteroatoms. The molecule has 0 saturated carbocycles. The van der Waals surface area contributed by atoms with E-state index in [0.29, 0.717) is 18.2 Å². The van der Waals surface area contributed by atoms with Crippen LogP contribution in [-0.2, 0) is 17.9 Å². The number of rotatable bonds is 8. The number of hydrogen-bond acceptors (Lipinski definition) is 6. The van der Waals surface area contributed by atoms with Gasteiger partial charge in [0.2, 0.25) is 12.7 Å². The fourth-order valence-electron chi connectivity index (χ4n) is 4.00. The first-order valence-corrected chi connectivity index (χ1v) is 12.3. The summed E-state index contributed by atoms with van der Waals surface area (Å²) in [6, 6.07) is 25.8. The fourth-order valence-corrected chi connectivity index (χ4v) is 4.96. The van der Waals surface area contributed by atoms with E-state index in [1.54, 1.807) is 4.90 Å². The molecule has 1 amide bonds. The third-order valence-corrected chi connectivity index (χ3v) is 6.86. The van der Waals surface area contributed by atoms with Crippen molar-refractivity contribution in [3.63, 3.8) is 0 Å². The van der Waals surface area contributed by atoms with Gasteiger partial charge in [-0.2, -0.15) is 0 Å². The largest absolute Gasteiger partial charge is 0.454 e. The van der Waals surface area contributed by atoms with E-state index < -0.39 is 0 Å². The van der Waals surface area contributed by atoms with E-state index in [2.05, 4.69) is 14.8 Å². The molecule has 0 spiro atoms. The predicted molar refractivity (Wildman–Crippen MR) is 135 cm³/mol. The first-order chi connectivity index (χ1) is 17.1. The van der Waals surface area contributed by atoms with E-state index in [1.807, 2.05) is 92.8 Å². The second-order valence-corrected chi connectivity index (χ2v) is 9.69. The van der Waals surface area contributed by atoms with E-state index in [9.17, 15) is 4.79 Å². The molecule has 2 heterocycles. The smallest absolute Gasteiger partial charge is 0.235 e. The fraction of sp³-hybridized carbons (Fsp3) is 0.222. The lowest BCUT2D eigenvalue weighted by molar-refractivity contribution is -0.129. The van der Waals surface area contributed by atoms with Crippen molar-refractivity contribution in [1.82, 2.24) is 19.7 Å². The molecule has 0 N–H and O–H groups in total. The van der Waals surface area contributed by atoms with Gasteiger partial charge in [-0.3, -0.25) is 9.36 Å². The molecular formula is C27H26N4O3S. The molecule has 3 aromatic carbocycles. The Balaban J connectivity index is 1.39. The van der Waals surface area contributed by atoms with Gasteiger partial charge in [-0.25, -0.2) is 0 Å². The van der Waals surface area contributed by atoms with Gasteiger partial charge in [-0.05, 0) is 30.2 Å². The maximum atomic E-state index is 13.1. The number of amides is 1. The minimum Gasteiger partial charge on any atom is -0.454 e. The van der Waals surface area contributed by atoms with E-state index in [-0.39, 0.29) is 18.0 Å². The van der Waals surface area contributed by atoms with Crippen molar-refractivity contribution in [3.8, 4) is 22.9 Å². The van der Waals surface area contributed by atoms with Crippen LogP contribution >= 0.6 is 11.8 Å². The van der Waals surface area contributed by atoms with Gasteiger partial charge < -0.3 is 14.4 Å². The van der Waals surface area contributed by atoms with E-state index >= 15 is 0 Å². The molecule has 0 aliphatic carbocycles. The number of thioether (sulfide) groups is 1. The predicted octanol–water partition coefficient (Wildman–Crippen LogP) is 4.86. The van der Waals surface area contributed by atoms with Crippen molar-refractivity contribution < 1.29 is 14.3 Å². The number of aromatic nitrogens is 3. The van der Waals surface area contributed by atoms with Gasteiger partial charge in [0.05, 0.1) is 11.8 Å². The second kappa shape index (κ2) is 10.2. The lowest BCUT2D eigenvalue weighted by Crippen LogP contribution is -2.33. The lowest BCUT2D eigenvalue weighted by Gasteiger charge is -2.21. The zero-order valence-electron chi connectivity index (χ0n) is 19.6. The Morgan fingerprint density at radius 3 is 2.46 bits per heavy atom. The molecule has 1 aromatic heterocycles. The number of nitrogens with zero attached hydrogens (tertiary/aromatic N) is 4. The number of benzene rings is 3. The third-order valence-electron chi connectivity index (χ3n) is 5.80. The van der Waals surface area contributed by atoms with Gasteiger partial charge in [-0.15, -0.1) is 10.2 Å². The first-order valence-electron chi connectivity index (χ1n) is 11.4. The number of carbonyl (C=O) groups is 1. The summed E-state index contributed by atoms with van der Waals surface area (Å²) in [7, 11) is 1.83. The molecule has 0 fully saturated rings. The summed E-state index contributed by atoms with van der Waals surface area (Å²) in [5, 5.41) is 9.33. The van der Waals surface area contributed by atoms with Crippen LogP contribution in [0.3, 0.4) is 0 Å². The molecule has 178 valence electrons. The van der Waals surface area contributed by atoms with E-state index in [4.69, 9.17) is 9.47 Å². The molecule has 0 saturated heterocycles. The second-order valence-electron chi connectivity index (χ2n) is 8.39. The summed E-state index contributed by atoms with van der Waals surface area (Å²) in [6.07, 6.45) is 0. The SMILES string of the molecule is CC(Sc1nnc(-c2ccccc2)n1Cc1ccc2c(c1)OCO2)C(=O)N(C)Cc1ccccc1. The van der Waals surface area contributed by atoms with Crippen LogP contribution in [0.25, 0.3) is 11.4 Å². The highest BCUT2D eigenvalue weighted by molar-refractivity contribution is 8.00. The van der Waals surface area contributed by atoms with Crippen molar-refractivity contribution in [2.45, 2.75) is 30.4 Å². The number of ether oxygens (including phenoxy) is 2. The molecule has 4 aromatic rings. The van der Waals surface area contributed by atoms with Crippen LogP contribution in [0.15, 0.2) is 84.0 Å². The Morgan fingerprint density at radius 1 is 0.971 bits per heavy atom. The zero-order valence-corrected chi connectivity index (χ0v) is 20.4. The molecule has 0 bridgehead atoms. The van der Waals surface area contributed by atoms with Crippen molar-refractivity contribution in [3.05, 3.63) is 90.0 Å². The van der Waals surface area contributed by atoms with E-state index in [0.717, 1.165) is 34.0 Å². The van der Waals surface area contributed by atoms with Crippen LogP contribution in [0, 0.1) is 0 Å². The summed E-state index contributed by atoms with van der Waals surface area (Å²) in [6.45, 7) is 3.24. The molecule has 1 atom stereocenters. The Morgan fingerprint density at radius 2 is 1.69 bits per heavy atom.